The number of hydrogen-bond acceptors (Lipinski definition) is 9. The number of hydrogen-bond donors (Lipinski definition) is 2. The number of rotatable bonds is 7. The molecule has 33 heavy (non-hydrogen) atoms. The van der Waals surface area contributed by atoms with Gasteiger partial charge in [-0.15, -0.1) is 11.3 Å². The van der Waals surface area contributed by atoms with Gasteiger partial charge in [0.1, 0.15) is 10.6 Å². The van der Waals surface area contributed by atoms with Gasteiger partial charge in [-0.1, -0.05) is 11.9 Å². The van der Waals surface area contributed by atoms with Crippen LogP contribution in [0.15, 0.2) is 18.6 Å². The molecule has 13 heteroatoms. The summed E-state index contributed by atoms with van der Waals surface area (Å²) in [6, 6.07) is 0.107. The largest absolute Gasteiger partial charge is 0.420 e. The van der Waals surface area contributed by atoms with Gasteiger partial charge >= 0.3 is 6.18 Å². The Hall–Kier alpha value is -2.22. The van der Waals surface area contributed by atoms with Gasteiger partial charge in [-0.05, 0) is 26.0 Å². The topological polar surface area (TPSA) is 92.0 Å². The van der Waals surface area contributed by atoms with Crippen LogP contribution in [-0.4, -0.2) is 66.1 Å². The van der Waals surface area contributed by atoms with Crippen molar-refractivity contribution in [1.82, 2.24) is 29.0 Å². The van der Waals surface area contributed by atoms with Gasteiger partial charge < -0.3 is 10.4 Å². The van der Waals surface area contributed by atoms with Crippen molar-refractivity contribution in [3.63, 3.8) is 0 Å². The fourth-order valence-corrected chi connectivity index (χ4v) is 5.22. The van der Waals surface area contributed by atoms with Crippen molar-refractivity contribution in [3.05, 3.63) is 29.8 Å². The molecule has 0 spiro atoms. The minimum Gasteiger partial charge on any atom is -0.394 e. The highest BCUT2D eigenvalue weighted by atomic mass is 32.2. The number of aryl methyl sites for hydroxylation is 1. The van der Waals surface area contributed by atoms with Crippen molar-refractivity contribution in [1.29, 1.82) is 0 Å². The molecule has 1 saturated heterocycles. The Labute approximate surface area is 197 Å². The van der Waals surface area contributed by atoms with E-state index in [4.69, 9.17) is 5.11 Å². The Bertz CT molecular complexity index is 1090. The summed E-state index contributed by atoms with van der Waals surface area (Å²) < 4.78 is 45.0. The average molecular weight is 500 g/mol. The van der Waals surface area contributed by atoms with E-state index < -0.39 is 11.7 Å². The number of halogens is 3. The minimum absolute atomic E-state index is 0.0638. The Morgan fingerprint density at radius 2 is 2.00 bits per heavy atom. The average Bonchev–Trinajstić information content (AvgIpc) is 3.40. The number of alkyl halides is 3. The summed E-state index contributed by atoms with van der Waals surface area (Å²) in [5, 5.41) is 17.2. The molecule has 1 aliphatic heterocycles. The Balaban J connectivity index is 1.63. The Morgan fingerprint density at radius 1 is 1.24 bits per heavy atom. The molecule has 0 radical (unpaired) electrons. The van der Waals surface area contributed by atoms with Gasteiger partial charge in [-0.2, -0.15) is 18.3 Å². The Kier molecular flexibility index (Phi) is 7.22. The van der Waals surface area contributed by atoms with E-state index in [1.807, 2.05) is 6.26 Å². The molecule has 1 aliphatic rings. The first-order valence-electron chi connectivity index (χ1n) is 10.4. The predicted molar refractivity (Wildman–Crippen MR) is 123 cm³/mol. The molecule has 2 N–H and O–H groups in total. The summed E-state index contributed by atoms with van der Waals surface area (Å²) in [5.74, 6) is 0.183. The van der Waals surface area contributed by atoms with Crippen molar-refractivity contribution >= 4 is 29.2 Å². The third-order valence-corrected chi connectivity index (χ3v) is 7.30. The molecule has 0 aliphatic carbocycles. The van der Waals surface area contributed by atoms with Crippen molar-refractivity contribution in [2.24, 2.45) is 0 Å². The second-order valence-corrected chi connectivity index (χ2v) is 9.54. The SMILES string of the molecule is CSN1CCC(Nc2ncc(C(F)(F)F)c(-c3cnc(-c4cn(CCO)nc4C)s3)n2)CC1. The number of nitrogens with one attached hydrogen (secondary N) is 1. The van der Waals surface area contributed by atoms with Crippen LogP contribution < -0.4 is 5.32 Å². The maximum Gasteiger partial charge on any atom is 0.420 e. The molecule has 0 saturated carbocycles. The van der Waals surface area contributed by atoms with Crippen LogP contribution in [0.3, 0.4) is 0 Å². The zero-order valence-electron chi connectivity index (χ0n) is 18.1. The van der Waals surface area contributed by atoms with Gasteiger partial charge in [0, 0.05) is 37.7 Å². The highest BCUT2D eigenvalue weighted by Gasteiger charge is 2.36. The molecule has 4 rings (SSSR count). The van der Waals surface area contributed by atoms with E-state index in [1.165, 1.54) is 6.20 Å². The normalized spacial score (nSPS) is 15.8. The minimum atomic E-state index is -4.59. The molecule has 178 valence electrons. The van der Waals surface area contributed by atoms with E-state index in [-0.39, 0.29) is 24.3 Å². The van der Waals surface area contributed by atoms with Gasteiger partial charge in [-0.3, -0.25) is 8.99 Å². The van der Waals surface area contributed by atoms with Gasteiger partial charge in [-0.25, -0.2) is 15.0 Å². The molecule has 0 aromatic carbocycles. The van der Waals surface area contributed by atoms with Crippen molar-refractivity contribution < 1.29 is 18.3 Å². The summed E-state index contributed by atoms with van der Waals surface area (Å²) >= 11 is 2.81. The van der Waals surface area contributed by atoms with E-state index in [1.54, 1.807) is 29.8 Å². The van der Waals surface area contributed by atoms with Crippen LogP contribution in [0.2, 0.25) is 0 Å². The van der Waals surface area contributed by atoms with E-state index in [2.05, 4.69) is 29.7 Å². The van der Waals surface area contributed by atoms with Crippen LogP contribution >= 0.6 is 23.3 Å². The molecular formula is C20H24F3N7OS2. The molecule has 4 heterocycles. The number of piperidine rings is 1. The molecule has 0 unspecified atom stereocenters. The van der Waals surface area contributed by atoms with Gasteiger partial charge in [0.05, 0.1) is 35.0 Å². The van der Waals surface area contributed by atoms with E-state index >= 15 is 0 Å². The second kappa shape index (κ2) is 9.95. The van der Waals surface area contributed by atoms with Crippen LogP contribution in [0.4, 0.5) is 19.1 Å². The maximum absolute atomic E-state index is 13.7. The quantitative estimate of drug-likeness (QED) is 0.473. The number of thiazole rings is 1. The van der Waals surface area contributed by atoms with Gasteiger partial charge in [0.2, 0.25) is 5.95 Å². The van der Waals surface area contributed by atoms with Gasteiger partial charge in [0.15, 0.2) is 0 Å². The molecule has 8 nitrogen and oxygen atoms in total. The zero-order valence-corrected chi connectivity index (χ0v) is 19.8. The van der Waals surface area contributed by atoms with Crippen LogP contribution in [0.25, 0.3) is 21.1 Å². The van der Waals surface area contributed by atoms with Gasteiger partial charge in [0.25, 0.3) is 0 Å². The third-order valence-electron chi connectivity index (χ3n) is 5.38. The molecule has 3 aromatic rings. The van der Waals surface area contributed by atoms with E-state index in [0.717, 1.165) is 43.5 Å². The monoisotopic (exact) mass is 499 g/mol. The number of aliphatic hydroxyl groups is 1. The van der Waals surface area contributed by atoms with Crippen LogP contribution in [0.1, 0.15) is 24.1 Å². The maximum atomic E-state index is 13.7. The summed E-state index contributed by atoms with van der Waals surface area (Å²) in [4.78, 5) is 12.8. The smallest absolute Gasteiger partial charge is 0.394 e. The third kappa shape index (κ3) is 5.48. The number of aliphatic hydroxyl groups excluding tert-OH is 1. The molecule has 0 bridgehead atoms. The van der Waals surface area contributed by atoms with Crippen LogP contribution in [0, 0.1) is 6.92 Å². The predicted octanol–water partition coefficient (Wildman–Crippen LogP) is 3.94. The lowest BCUT2D eigenvalue weighted by Gasteiger charge is -2.30. The standard InChI is InChI=1S/C20H24F3N7OS2/c1-12-14(11-29(28-12)7-8-31)18-24-10-16(33-18)17-15(20(21,22)23)9-25-19(27-17)26-13-3-5-30(32-2)6-4-13/h9-11,13,31H,3-8H2,1-2H3,(H,25,26,27). The Morgan fingerprint density at radius 3 is 2.67 bits per heavy atom. The van der Waals surface area contributed by atoms with Crippen molar-refractivity contribution in [3.8, 4) is 21.1 Å². The molecule has 0 atom stereocenters. The highest BCUT2D eigenvalue weighted by molar-refractivity contribution is 7.96. The van der Waals surface area contributed by atoms with E-state index in [0.29, 0.717) is 27.7 Å². The first-order valence-corrected chi connectivity index (χ1v) is 12.4. The lowest BCUT2D eigenvalue weighted by Crippen LogP contribution is -2.35. The zero-order chi connectivity index (χ0) is 23.6. The molecule has 3 aromatic heterocycles. The van der Waals surface area contributed by atoms with Crippen LogP contribution in [-0.2, 0) is 12.7 Å². The fraction of sp³-hybridized carbons (Fsp3) is 0.500. The highest BCUT2D eigenvalue weighted by Crippen LogP contribution is 2.40. The summed E-state index contributed by atoms with van der Waals surface area (Å²) in [6.45, 7) is 3.85. The summed E-state index contributed by atoms with van der Waals surface area (Å²) in [7, 11) is 0. The lowest BCUT2D eigenvalue weighted by atomic mass is 10.1. The molecular weight excluding hydrogens is 475 g/mol. The first kappa shape index (κ1) is 23.9. The lowest BCUT2D eigenvalue weighted by molar-refractivity contribution is -0.137. The summed E-state index contributed by atoms with van der Waals surface area (Å²) in [6.07, 6.45) is 3.13. The number of nitrogens with zero attached hydrogens (tertiary/aromatic N) is 6. The second-order valence-electron chi connectivity index (χ2n) is 7.63. The molecule has 1 fully saturated rings. The van der Waals surface area contributed by atoms with Crippen molar-refractivity contribution in [2.75, 3.05) is 31.3 Å². The fourth-order valence-electron chi connectivity index (χ4n) is 3.66. The van der Waals surface area contributed by atoms with Crippen molar-refractivity contribution in [2.45, 2.75) is 38.5 Å². The number of aromatic nitrogens is 5. The van der Waals surface area contributed by atoms with Crippen LogP contribution in [0.5, 0.6) is 0 Å². The number of anilines is 1. The summed E-state index contributed by atoms with van der Waals surface area (Å²) in [5.41, 5.74) is 0.307. The first-order chi connectivity index (χ1) is 15.8. The molecule has 0 amide bonds. The van der Waals surface area contributed by atoms with E-state index in [9.17, 15) is 13.2 Å².